The van der Waals surface area contributed by atoms with Gasteiger partial charge < -0.3 is 19.3 Å². The molecular weight excluding hydrogens is 198 g/mol. The molecule has 2 atom stereocenters. The van der Waals surface area contributed by atoms with Crippen LogP contribution in [-0.2, 0) is 14.2 Å². The van der Waals surface area contributed by atoms with Crippen LogP contribution in [0.2, 0.25) is 0 Å². The third-order valence-electron chi connectivity index (χ3n) is 2.50. The summed E-state index contributed by atoms with van der Waals surface area (Å²) in [6.07, 6.45) is -0.537. The lowest BCUT2D eigenvalue weighted by atomic mass is 10.2. The Morgan fingerprint density at radius 2 is 2.33 bits per heavy atom. The summed E-state index contributed by atoms with van der Waals surface area (Å²) in [7, 11) is 3.62. The van der Waals surface area contributed by atoms with Crippen LogP contribution >= 0.6 is 0 Å². The van der Waals surface area contributed by atoms with E-state index in [1.807, 2.05) is 0 Å². The van der Waals surface area contributed by atoms with Crippen LogP contribution < -0.4 is 0 Å². The lowest BCUT2D eigenvalue weighted by molar-refractivity contribution is -0.0558. The van der Waals surface area contributed by atoms with Crippen molar-refractivity contribution in [2.45, 2.75) is 12.1 Å². The fraction of sp³-hybridized carbons (Fsp3) is 1.00. The maximum absolute atomic E-state index is 9.35. The first-order valence-electron chi connectivity index (χ1n) is 5.26. The molecule has 2 unspecified atom stereocenters. The molecule has 0 aromatic heterocycles. The van der Waals surface area contributed by atoms with Crippen LogP contribution in [0.15, 0.2) is 0 Å². The van der Waals surface area contributed by atoms with E-state index in [9.17, 15) is 5.11 Å². The van der Waals surface area contributed by atoms with E-state index in [0.717, 1.165) is 13.2 Å². The van der Waals surface area contributed by atoms with Crippen molar-refractivity contribution in [3.8, 4) is 0 Å². The second-order valence-electron chi connectivity index (χ2n) is 3.86. The number of methoxy groups -OCH3 is 1. The summed E-state index contributed by atoms with van der Waals surface area (Å²) in [6.45, 7) is 3.66. The van der Waals surface area contributed by atoms with Gasteiger partial charge in [0, 0.05) is 13.7 Å². The molecule has 1 N–H and O–H groups in total. The number of rotatable bonds is 6. The second kappa shape index (κ2) is 7.14. The first-order valence-corrected chi connectivity index (χ1v) is 5.26. The summed E-state index contributed by atoms with van der Waals surface area (Å²) in [5.74, 6) is 0. The van der Waals surface area contributed by atoms with E-state index in [4.69, 9.17) is 14.2 Å². The third kappa shape index (κ3) is 4.90. The van der Waals surface area contributed by atoms with Crippen LogP contribution in [0.3, 0.4) is 0 Å². The molecule has 15 heavy (non-hydrogen) atoms. The van der Waals surface area contributed by atoms with Crippen molar-refractivity contribution in [1.29, 1.82) is 0 Å². The highest BCUT2D eigenvalue weighted by Gasteiger charge is 2.19. The average molecular weight is 219 g/mol. The molecule has 0 aromatic rings. The minimum absolute atomic E-state index is 0.300. The Balaban J connectivity index is 2.08. The minimum Gasteiger partial charge on any atom is -0.388 e. The number of nitrogens with zero attached hydrogens (tertiary/aromatic N) is 1. The Hall–Kier alpha value is -0.200. The number of likely N-dealkylation sites (N-methyl/N-ethyl adjacent to an activating group) is 1. The summed E-state index contributed by atoms with van der Waals surface area (Å²) in [4.78, 5) is 2.21. The summed E-state index contributed by atoms with van der Waals surface area (Å²) in [6, 6.07) is 0.300. The van der Waals surface area contributed by atoms with Crippen LogP contribution in [0.1, 0.15) is 0 Å². The molecule has 1 heterocycles. The second-order valence-corrected chi connectivity index (χ2v) is 3.86. The van der Waals surface area contributed by atoms with E-state index >= 15 is 0 Å². The van der Waals surface area contributed by atoms with Crippen molar-refractivity contribution in [1.82, 2.24) is 4.90 Å². The van der Waals surface area contributed by atoms with E-state index in [2.05, 4.69) is 11.9 Å². The van der Waals surface area contributed by atoms with Crippen molar-refractivity contribution in [2.75, 3.05) is 53.7 Å². The third-order valence-corrected chi connectivity index (χ3v) is 2.50. The van der Waals surface area contributed by atoms with Gasteiger partial charge in [-0.3, -0.25) is 4.90 Å². The molecule has 90 valence electrons. The van der Waals surface area contributed by atoms with Gasteiger partial charge >= 0.3 is 0 Å². The molecule has 1 rings (SSSR count). The van der Waals surface area contributed by atoms with Crippen LogP contribution in [0.4, 0.5) is 0 Å². The molecule has 0 saturated carbocycles. The molecule has 1 saturated heterocycles. The quantitative estimate of drug-likeness (QED) is 0.643. The molecule has 0 amide bonds. The van der Waals surface area contributed by atoms with Crippen molar-refractivity contribution >= 4 is 0 Å². The molecule has 1 aliphatic heterocycles. The number of hydrogen-bond acceptors (Lipinski definition) is 5. The number of ether oxygens (including phenoxy) is 3. The van der Waals surface area contributed by atoms with Crippen molar-refractivity contribution in [2.24, 2.45) is 0 Å². The lowest BCUT2D eigenvalue weighted by Gasteiger charge is -2.32. The monoisotopic (exact) mass is 219 g/mol. The van der Waals surface area contributed by atoms with Gasteiger partial charge in [-0.05, 0) is 7.05 Å². The highest BCUT2D eigenvalue weighted by molar-refractivity contribution is 4.71. The van der Waals surface area contributed by atoms with Gasteiger partial charge in [-0.1, -0.05) is 0 Å². The minimum atomic E-state index is -0.537. The van der Waals surface area contributed by atoms with Gasteiger partial charge in [0.05, 0.1) is 39.1 Å². The molecule has 1 aliphatic rings. The van der Waals surface area contributed by atoms with Gasteiger partial charge in [-0.25, -0.2) is 0 Å². The van der Waals surface area contributed by atoms with Gasteiger partial charge in [-0.15, -0.1) is 0 Å². The van der Waals surface area contributed by atoms with E-state index < -0.39 is 6.10 Å². The lowest BCUT2D eigenvalue weighted by Crippen LogP contribution is -2.45. The maximum atomic E-state index is 9.35. The average Bonchev–Trinajstić information content (AvgIpc) is 2.21. The van der Waals surface area contributed by atoms with Crippen LogP contribution in [0.25, 0.3) is 0 Å². The maximum Gasteiger partial charge on any atom is 0.101 e. The van der Waals surface area contributed by atoms with E-state index in [-0.39, 0.29) is 0 Å². The van der Waals surface area contributed by atoms with E-state index in [1.165, 1.54) is 0 Å². The summed E-state index contributed by atoms with van der Waals surface area (Å²) in [5.41, 5.74) is 0. The summed E-state index contributed by atoms with van der Waals surface area (Å²) < 4.78 is 15.6. The highest BCUT2D eigenvalue weighted by Crippen LogP contribution is 2.04. The first kappa shape index (κ1) is 12.9. The number of hydrogen-bond donors (Lipinski definition) is 1. The number of morpholine rings is 1. The van der Waals surface area contributed by atoms with E-state index in [1.54, 1.807) is 7.11 Å². The van der Waals surface area contributed by atoms with Crippen molar-refractivity contribution in [3.63, 3.8) is 0 Å². The smallest absolute Gasteiger partial charge is 0.101 e. The van der Waals surface area contributed by atoms with Gasteiger partial charge in [0.25, 0.3) is 0 Å². The fourth-order valence-corrected chi connectivity index (χ4v) is 1.49. The summed E-state index contributed by atoms with van der Waals surface area (Å²) in [5, 5.41) is 9.35. The summed E-state index contributed by atoms with van der Waals surface area (Å²) >= 11 is 0. The largest absolute Gasteiger partial charge is 0.388 e. The Morgan fingerprint density at radius 3 is 3.00 bits per heavy atom. The zero-order valence-electron chi connectivity index (χ0n) is 9.52. The molecule has 5 nitrogen and oxygen atoms in total. The fourth-order valence-electron chi connectivity index (χ4n) is 1.49. The van der Waals surface area contributed by atoms with Crippen LogP contribution in [0, 0.1) is 0 Å². The standard InChI is InChI=1S/C10H21NO4/c1-11-3-4-14-5-9(11)6-15-8-10(12)7-13-2/h9-10,12H,3-8H2,1-2H3. The zero-order valence-corrected chi connectivity index (χ0v) is 9.52. The molecule has 0 aliphatic carbocycles. The molecule has 0 spiro atoms. The molecular formula is C10H21NO4. The van der Waals surface area contributed by atoms with Crippen molar-refractivity contribution < 1.29 is 19.3 Å². The Kier molecular flexibility index (Phi) is 6.12. The predicted octanol–water partition coefficient (Wildman–Crippen LogP) is -0.659. The van der Waals surface area contributed by atoms with Gasteiger partial charge in [0.2, 0.25) is 0 Å². The van der Waals surface area contributed by atoms with Crippen LogP contribution in [-0.4, -0.2) is 75.9 Å². The topological polar surface area (TPSA) is 51.2 Å². The van der Waals surface area contributed by atoms with Gasteiger partial charge in [0.15, 0.2) is 0 Å². The zero-order chi connectivity index (χ0) is 11.1. The molecule has 0 bridgehead atoms. The van der Waals surface area contributed by atoms with Gasteiger partial charge in [-0.2, -0.15) is 0 Å². The molecule has 1 fully saturated rings. The normalized spacial score (nSPS) is 25.4. The molecule has 0 aromatic carbocycles. The molecule has 5 heteroatoms. The van der Waals surface area contributed by atoms with E-state index in [0.29, 0.717) is 32.5 Å². The Morgan fingerprint density at radius 1 is 1.53 bits per heavy atom. The number of aliphatic hydroxyl groups excluding tert-OH is 1. The Labute approximate surface area is 90.9 Å². The predicted molar refractivity (Wildman–Crippen MR) is 55.9 cm³/mol. The molecule has 0 radical (unpaired) electrons. The Bertz CT molecular complexity index is 168. The number of aliphatic hydroxyl groups is 1. The first-order chi connectivity index (χ1) is 7.24. The van der Waals surface area contributed by atoms with Gasteiger partial charge in [0.1, 0.15) is 6.10 Å². The van der Waals surface area contributed by atoms with Crippen LogP contribution in [0.5, 0.6) is 0 Å². The SMILES string of the molecule is COCC(O)COCC1COCCN1C. The van der Waals surface area contributed by atoms with Crippen molar-refractivity contribution in [3.05, 3.63) is 0 Å². The highest BCUT2D eigenvalue weighted by atomic mass is 16.5.